The summed E-state index contributed by atoms with van der Waals surface area (Å²) in [7, 11) is 0. The van der Waals surface area contributed by atoms with Gasteiger partial charge in [-0.15, -0.1) is 5.06 Å². The maximum atomic E-state index is 13.6. The van der Waals surface area contributed by atoms with Crippen molar-refractivity contribution in [3.8, 4) is 0 Å². The number of imide groups is 1. The van der Waals surface area contributed by atoms with Gasteiger partial charge in [-0.05, 0) is 42.2 Å². The topological polar surface area (TPSA) is 189 Å². The van der Waals surface area contributed by atoms with Crippen LogP contribution in [0.3, 0.4) is 0 Å². The molecule has 0 aromatic heterocycles. The minimum Gasteiger partial charge on any atom is -0.449 e. The predicted molar refractivity (Wildman–Crippen MR) is 174 cm³/mol. The highest BCUT2D eigenvalue weighted by Crippen LogP contribution is 2.13. The molecule has 4 N–H and O–H groups in total. The fourth-order valence-corrected chi connectivity index (χ4v) is 4.93. The number of alkyl carbamates (subject to hydrolysis) is 1. The van der Waals surface area contributed by atoms with Crippen LogP contribution in [0.1, 0.15) is 65.4 Å². The highest BCUT2D eigenvalue weighted by Gasteiger charge is 2.33. The van der Waals surface area contributed by atoms with Crippen molar-refractivity contribution in [1.82, 2.24) is 26.3 Å². The summed E-state index contributed by atoms with van der Waals surface area (Å²) >= 11 is 1.50. The molecule has 1 aromatic carbocycles. The molecular formula is C32H47N5O9S. The van der Waals surface area contributed by atoms with E-state index in [1.54, 1.807) is 24.3 Å². The van der Waals surface area contributed by atoms with Crippen LogP contribution in [-0.4, -0.2) is 89.9 Å². The molecule has 3 atom stereocenters. The average Bonchev–Trinajstić information content (AvgIpc) is 3.33. The van der Waals surface area contributed by atoms with Gasteiger partial charge >= 0.3 is 12.1 Å². The number of carbonyl (C=O) groups is 7. The van der Waals surface area contributed by atoms with Gasteiger partial charge in [0.15, 0.2) is 0 Å². The summed E-state index contributed by atoms with van der Waals surface area (Å²) in [5, 5.41) is 11.1. The van der Waals surface area contributed by atoms with Crippen molar-refractivity contribution >= 4 is 53.4 Å². The zero-order valence-corrected chi connectivity index (χ0v) is 28.5. The molecule has 260 valence electrons. The lowest BCUT2D eigenvalue weighted by atomic mass is 10.0. The number of rotatable bonds is 19. The van der Waals surface area contributed by atoms with Gasteiger partial charge in [0, 0.05) is 25.8 Å². The van der Waals surface area contributed by atoms with E-state index in [1.807, 2.05) is 40.0 Å². The minimum atomic E-state index is -1.08. The van der Waals surface area contributed by atoms with Gasteiger partial charge in [0.1, 0.15) is 18.1 Å². The van der Waals surface area contributed by atoms with E-state index in [2.05, 4.69) is 21.3 Å². The van der Waals surface area contributed by atoms with Gasteiger partial charge in [0.05, 0.1) is 13.0 Å². The predicted octanol–water partition coefficient (Wildman–Crippen LogP) is 1.86. The molecule has 0 radical (unpaired) electrons. The first-order valence-electron chi connectivity index (χ1n) is 15.7. The third kappa shape index (κ3) is 14.4. The number of nitrogens with one attached hydrogen (secondary N) is 4. The van der Waals surface area contributed by atoms with Crippen LogP contribution in [0, 0.1) is 11.8 Å². The third-order valence-electron chi connectivity index (χ3n) is 6.85. The lowest BCUT2D eigenvalue weighted by Crippen LogP contribution is -2.57. The van der Waals surface area contributed by atoms with Crippen LogP contribution >= 0.6 is 11.8 Å². The van der Waals surface area contributed by atoms with Crippen molar-refractivity contribution in [1.29, 1.82) is 0 Å². The third-order valence-corrected chi connectivity index (χ3v) is 7.49. The lowest BCUT2D eigenvalue weighted by Gasteiger charge is -2.26. The number of amides is 6. The normalized spacial score (nSPS) is 14.7. The van der Waals surface area contributed by atoms with E-state index in [0.717, 1.165) is 5.56 Å². The summed E-state index contributed by atoms with van der Waals surface area (Å²) in [6.45, 7) is 7.55. The smallest absolute Gasteiger partial charge is 0.407 e. The Kier molecular flexibility index (Phi) is 16.8. The number of benzene rings is 1. The molecule has 0 aliphatic carbocycles. The first-order chi connectivity index (χ1) is 22.3. The Morgan fingerprint density at radius 1 is 0.830 bits per heavy atom. The van der Waals surface area contributed by atoms with Crippen LogP contribution in [0.25, 0.3) is 0 Å². The molecule has 1 aliphatic heterocycles. The largest absolute Gasteiger partial charge is 0.449 e. The van der Waals surface area contributed by atoms with E-state index in [9.17, 15) is 33.6 Å². The molecule has 0 unspecified atom stereocenters. The van der Waals surface area contributed by atoms with Gasteiger partial charge in [0.2, 0.25) is 17.7 Å². The molecule has 1 heterocycles. The minimum absolute atomic E-state index is 0.0125. The van der Waals surface area contributed by atoms with E-state index in [-0.39, 0.29) is 57.1 Å². The van der Waals surface area contributed by atoms with Gasteiger partial charge in [-0.3, -0.25) is 24.0 Å². The van der Waals surface area contributed by atoms with E-state index in [1.165, 1.54) is 11.8 Å². The van der Waals surface area contributed by atoms with Crippen LogP contribution < -0.4 is 21.3 Å². The zero-order chi connectivity index (χ0) is 34.9. The summed E-state index contributed by atoms with van der Waals surface area (Å²) in [6, 6.07) is 5.93. The van der Waals surface area contributed by atoms with E-state index >= 15 is 0 Å². The van der Waals surface area contributed by atoms with Crippen LogP contribution in [0.4, 0.5) is 4.79 Å². The molecule has 0 spiro atoms. The number of ether oxygens (including phenoxy) is 1. The number of nitrogens with zero attached hydrogens (tertiary/aromatic N) is 1. The van der Waals surface area contributed by atoms with Crippen molar-refractivity contribution in [2.75, 3.05) is 25.2 Å². The summed E-state index contributed by atoms with van der Waals surface area (Å²) in [5.74, 6) is -3.18. The average molecular weight is 678 g/mol. The molecule has 1 fully saturated rings. The number of carbonyl (C=O) groups excluding carboxylic acids is 7. The molecule has 2 rings (SSSR count). The Morgan fingerprint density at radius 2 is 1.45 bits per heavy atom. The van der Waals surface area contributed by atoms with Crippen molar-refractivity contribution in [3.05, 3.63) is 35.9 Å². The number of hydrogen-bond donors (Lipinski definition) is 4. The van der Waals surface area contributed by atoms with Crippen molar-refractivity contribution < 1.29 is 43.1 Å². The summed E-state index contributed by atoms with van der Waals surface area (Å²) in [5.41, 5.74) is 0.754. The molecule has 0 bridgehead atoms. The van der Waals surface area contributed by atoms with Gasteiger partial charge in [0.25, 0.3) is 11.8 Å². The maximum absolute atomic E-state index is 13.6. The van der Waals surface area contributed by atoms with Crippen molar-refractivity contribution in [3.63, 3.8) is 0 Å². The molecule has 1 saturated heterocycles. The zero-order valence-electron chi connectivity index (χ0n) is 27.7. The molecule has 15 heteroatoms. The molecule has 1 aromatic rings. The number of thioether (sulfide) groups is 1. The Bertz CT molecular complexity index is 1230. The van der Waals surface area contributed by atoms with E-state index in [0.29, 0.717) is 17.2 Å². The SMILES string of the molecule is CSCC[C@H](NC(=O)OCC(C)C)C(=O)N[C@@H](CC(C)C)C(=O)N[C@@H](Cc1ccccc1)C(=O)NCCC(=O)ON1C(=O)CCC1=O. The van der Waals surface area contributed by atoms with E-state index in [4.69, 9.17) is 9.57 Å². The van der Waals surface area contributed by atoms with Crippen LogP contribution in [-0.2, 0) is 44.8 Å². The second-order valence-electron chi connectivity index (χ2n) is 12.0. The van der Waals surface area contributed by atoms with Crippen molar-refractivity contribution in [2.45, 2.75) is 84.3 Å². The summed E-state index contributed by atoms with van der Waals surface area (Å²) in [6.07, 6.45) is 1.41. The van der Waals surface area contributed by atoms with Crippen LogP contribution in [0.5, 0.6) is 0 Å². The van der Waals surface area contributed by atoms with E-state index < -0.39 is 59.7 Å². The van der Waals surface area contributed by atoms with Gasteiger partial charge in [-0.2, -0.15) is 11.8 Å². The lowest BCUT2D eigenvalue weighted by molar-refractivity contribution is -0.197. The molecule has 47 heavy (non-hydrogen) atoms. The molecule has 1 aliphatic rings. The van der Waals surface area contributed by atoms with Gasteiger partial charge in [-0.1, -0.05) is 58.0 Å². The molecular weight excluding hydrogens is 630 g/mol. The second kappa shape index (κ2) is 20.2. The Labute approximate surface area is 279 Å². The monoisotopic (exact) mass is 677 g/mol. The fraction of sp³-hybridized carbons (Fsp3) is 0.594. The Morgan fingerprint density at radius 3 is 2.04 bits per heavy atom. The number of hydrogen-bond acceptors (Lipinski definition) is 10. The Hall–Kier alpha value is -4.14. The maximum Gasteiger partial charge on any atom is 0.407 e. The molecule has 6 amide bonds. The highest BCUT2D eigenvalue weighted by molar-refractivity contribution is 7.98. The Balaban J connectivity index is 2.12. The standard InChI is InChI=1S/C32H47N5O9S/c1-20(2)17-24(34-30(42)23(14-16-47-5)36-32(44)45-19-21(3)4)31(43)35-25(18-22-9-7-6-8-10-22)29(41)33-15-13-28(40)46-37-26(38)11-12-27(37)39/h6-10,20-21,23-25H,11-19H2,1-5H3,(H,33,41)(H,34,42)(H,35,43)(H,36,44)/t23-,24-,25-/m0/s1. The van der Waals surface area contributed by atoms with Crippen LogP contribution in [0.15, 0.2) is 30.3 Å². The first-order valence-corrected chi connectivity index (χ1v) is 17.1. The fourth-order valence-electron chi connectivity index (χ4n) is 4.45. The quantitative estimate of drug-likeness (QED) is 0.157. The summed E-state index contributed by atoms with van der Waals surface area (Å²) in [4.78, 5) is 93.1. The number of hydroxylamine groups is 2. The first kappa shape index (κ1) is 39.0. The van der Waals surface area contributed by atoms with Gasteiger partial charge in [-0.25, -0.2) is 9.59 Å². The summed E-state index contributed by atoms with van der Waals surface area (Å²) < 4.78 is 5.18. The molecule has 14 nitrogen and oxygen atoms in total. The molecule has 0 saturated carbocycles. The van der Waals surface area contributed by atoms with Crippen molar-refractivity contribution in [2.24, 2.45) is 11.8 Å². The van der Waals surface area contributed by atoms with Gasteiger partial charge < -0.3 is 30.8 Å². The second-order valence-corrected chi connectivity index (χ2v) is 13.0. The highest BCUT2D eigenvalue weighted by atomic mass is 32.2. The van der Waals surface area contributed by atoms with Crippen LogP contribution in [0.2, 0.25) is 0 Å².